The van der Waals surface area contributed by atoms with Crippen molar-refractivity contribution >= 4 is 10.8 Å². The Labute approximate surface area is 184 Å². The number of benzene rings is 1. The number of nitrogens with zero attached hydrogens (tertiary/aromatic N) is 4. The van der Waals surface area contributed by atoms with Gasteiger partial charge in [0.2, 0.25) is 0 Å². The van der Waals surface area contributed by atoms with Crippen LogP contribution in [0.15, 0.2) is 47.6 Å². The zero-order valence-electron chi connectivity index (χ0n) is 17.7. The Bertz CT molecular complexity index is 1050. The maximum absolute atomic E-state index is 12.7. The fraction of sp³-hybridized carbons (Fsp3) is 0.409. The van der Waals surface area contributed by atoms with E-state index in [-0.39, 0.29) is 12.1 Å². The molecule has 164 valence electrons. The van der Waals surface area contributed by atoms with E-state index in [0.717, 1.165) is 36.3 Å². The van der Waals surface area contributed by atoms with Crippen molar-refractivity contribution in [3.63, 3.8) is 0 Å². The molecule has 1 aliphatic heterocycles. The van der Waals surface area contributed by atoms with E-state index in [0.29, 0.717) is 29.8 Å². The van der Waals surface area contributed by atoms with E-state index in [2.05, 4.69) is 21.1 Å². The van der Waals surface area contributed by atoms with Crippen molar-refractivity contribution in [2.75, 3.05) is 32.7 Å². The quantitative estimate of drug-likeness (QED) is 0.471. The van der Waals surface area contributed by atoms with Crippen LogP contribution in [0.5, 0.6) is 6.01 Å². The van der Waals surface area contributed by atoms with Crippen molar-refractivity contribution in [2.45, 2.75) is 30.9 Å². The molecule has 0 spiro atoms. The van der Waals surface area contributed by atoms with Crippen LogP contribution >= 0.6 is 0 Å². The topological polar surface area (TPSA) is 88.4 Å². The number of hydrogen-bond acceptors (Lipinski definition) is 7. The van der Waals surface area contributed by atoms with Crippen molar-refractivity contribution in [1.82, 2.24) is 19.7 Å². The average Bonchev–Trinajstić information content (AvgIpc) is 3.48. The third-order valence-electron chi connectivity index (χ3n) is 4.93. The van der Waals surface area contributed by atoms with Crippen LogP contribution in [0.4, 0.5) is 0 Å². The molecule has 0 N–H and O–H groups in total. The lowest BCUT2D eigenvalue weighted by Gasteiger charge is -2.12. The van der Waals surface area contributed by atoms with Gasteiger partial charge < -0.3 is 14.2 Å². The van der Waals surface area contributed by atoms with E-state index in [1.54, 1.807) is 17.9 Å². The van der Waals surface area contributed by atoms with Crippen molar-refractivity contribution in [3.8, 4) is 23.1 Å². The fourth-order valence-electron chi connectivity index (χ4n) is 3.31. The maximum atomic E-state index is 12.7. The Balaban J connectivity index is 1.62. The molecule has 1 saturated heterocycles. The van der Waals surface area contributed by atoms with E-state index in [1.165, 1.54) is 0 Å². The minimum absolute atomic E-state index is 0.0346. The monoisotopic (exact) mass is 442 g/mol. The van der Waals surface area contributed by atoms with Crippen LogP contribution in [-0.4, -0.2) is 62.7 Å². The molecular formula is C22H26N4O4S. The minimum Gasteiger partial charge on any atom is -0.461 e. The molecule has 4 rings (SSSR count). The highest BCUT2D eigenvalue weighted by atomic mass is 32.2. The van der Waals surface area contributed by atoms with Crippen LogP contribution in [0.2, 0.25) is 0 Å². The second kappa shape index (κ2) is 10.1. The molecule has 2 atom stereocenters. The first-order valence-corrected chi connectivity index (χ1v) is 11.6. The van der Waals surface area contributed by atoms with E-state index < -0.39 is 10.8 Å². The summed E-state index contributed by atoms with van der Waals surface area (Å²) in [4.78, 5) is 8.86. The third-order valence-corrected chi connectivity index (χ3v) is 6.15. The van der Waals surface area contributed by atoms with E-state index in [9.17, 15) is 4.21 Å². The first kappa shape index (κ1) is 21.6. The van der Waals surface area contributed by atoms with Crippen LogP contribution in [0.1, 0.15) is 18.4 Å². The molecule has 0 radical (unpaired) electrons. The molecule has 9 heteroatoms. The molecule has 31 heavy (non-hydrogen) atoms. The molecule has 3 aromatic rings. The van der Waals surface area contributed by atoms with Crippen LogP contribution in [0, 0.1) is 6.92 Å². The number of aryl methyl sites for hydroxylation is 1. The summed E-state index contributed by atoms with van der Waals surface area (Å²) in [6, 6.07) is 11.9. The summed E-state index contributed by atoms with van der Waals surface area (Å²) >= 11 is 0. The predicted octanol–water partition coefficient (Wildman–Crippen LogP) is 2.95. The van der Waals surface area contributed by atoms with Gasteiger partial charge in [0.25, 0.3) is 0 Å². The van der Waals surface area contributed by atoms with E-state index in [4.69, 9.17) is 14.2 Å². The van der Waals surface area contributed by atoms with Crippen molar-refractivity contribution in [1.29, 1.82) is 0 Å². The first-order chi connectivity index (χ1) is 15.1. The van der Waals surface area contributed by atoms with Gasteiger partial charge in [-0.15, -0.1) is 0 Å². The molecule has 0 bridgehead atoms. The predicted molar refractivity (Wildman–Crippen MR) is 117 cm³/mol. The summed E-state index contributed by atoms with van der Waals surface area (Å²) in [6.07, 6.45) is 3.83. The molecule has 2 aromatic heterocycles. The van der Waals surface area contributed by atoms with Gasteiger partial charge in [-0.1, -0.05) is 23.8 Å². The van der Waals surface area contributed by atoms with Crippen molar-refractivity contribution in [2.24, 2.45) is 0 Å². The first-order valence-electron chi connectivity index (χ1n) is 10.3. The standard InChI is InChI=1S/C22H26N4O4S/c1-16-5-3-6-17(13-16)19-8-9-26(25-19)20-14-21(31(27)12-11-28-2)24-22(23-20)30-15-18-7-4-10-29-18/h3,5-6,8-9,13-14,18H,4,7,10-12,15H2,1-2H3. The molecule has 8 nitrogen and oxygen atoms in total. The lowest BCUT2D eigenvalue weighted by Crippen LogP contribution is -2.18. The van der Waals surface area contributed by atoms with E-state index >= 15 is 0 Å². The van der Waals surface area contributed by atoms with Gasteiger partial charge in [0.15, 0.2) is 5.82 Å². The van der Waals surface area contributed by atoms with Gasteiger partial charge in [-0.05, 0) is 31.9 Å². The van der Waals surface area contributed by atoms with Crippen molar-refractivity contribution < 1.29 is 18.4 Å². The Hall–Kier alpha value is -2.62. The van der Waals surface area contributed by atoms with Gasteiger partial charge in [0.1, 0.15) is 11.6 Å². The summed E-state index contributed by atoms with van der Waals surface area (Å²) in [5.74, 6) is 0.836. The van der Waals surface area contributed by atoms with Crippen molar-refractivity contribution in [3.05, 3.63) is 48.2 Å². The van der Waals surface area contributed by atoms with Crippen LogP contribution in [-0.2, 0) is 20.3 Å². The molecule has 1 fully saturated rings. The molecule has 0 amide bonds. The summed E-state index contributed by atoms with van der Waals surface area (Å²) in [5.41, 5.74) is 3.01. The number of methoxy groups -OCH3 is 1. The molecule has 0 aliphatic carbocycles. The third kappa shape index (κ3) is 5.55. The number of aromatic nitrogens is 4. The second-order valence-corrected chi connectivity index (χ2v) is 8.87. The lowest BCUT2D eigenvalue weighted by molar-refractivity contribution is 0.0642. The Kier molecular flexibility index (Phi) is 7.06. The molecule has 2 unspecified atom stereocenters. The lowest BCUT2D eigenvalue weighted by atomic mass is 10.1. The van der Waals surface area contributed by atoms with Gasteiger partial charge in [-0.2, -0.15) is 15.1 Å². The van der Waals surface area contributed by atoms with E-state index in [1.807, 2.05) is 37.4 Å². The van der Waals surface area contributed by atoms with Crippen LogP contribution < -0.4 is 4.74 Å². The molecule has 1 aliphatic rings. The average molecular weight is 443 g/mol. The van der Waals surface area contributed by atoms with Gasteiger partial charge >= 0.3 is 6.01 Å². The van der Waals surface area contributed by atoms with Gasteiger partial charge in [-0.3, -0.25) is 4.21 Å². The zero-order chi connectivity index (χ0) is 21.6. The SMILES string of the molecule is COCCS(=O)c1cc(-n2ccc(-c3cccc(C)c3)n2)nc(OCC2CCCO2)n1. The summed E-state index contributed by atoms with van der Waals surface area (Å²) in [7, 11) is 0.235. The maximum Gasteiger partial charge on any atom is 0.319 e. The Morgan fingerprint density at radius 1 is 1.26 bits per heavy atom. The number of rotatable bonds is 9. The highest BCUT2D eigenvalue weighted by Crippen LogP contribution is 2.21. The molecule has 1 aromatic carbocycles. The zero-order valence-corrected chi connectivity index (χ0v) is 18.5. The second-order valence-electron chi connectivity index (χ2n) is 7.35. The van der Waals surface area contributed by atoms with Crippen LogP contribution in [0.25, 0.3) is 17.1 Å². The normalized spacial score (nSPS) is 17.0. The largest absolute Gasteiger partial charge is 0.461 e. The Morgan fingerprint density at radius 3 is 2.94 bits per heavy atom. The van der Waals surface area contributed by atoms with Gasteiger partial charge in [-0.25, -0.2) is 4.68 Å². The highest BCUT2D eigenvalue weighted by Gasteiger charge is 2.19. The van der Waals surface area contributed by atoms with Crippen LogP contribution in [0.3, 0.4) is 0 Å². The molecule has 0 saturated carbocycles. The van der Waals surface area contributed by atoms with Gasteiger partial charge in [0.05, 0.1) is 35.0 Å². The molecular weight excluding hydrogens is 416 g/mol. The fourth-order valence-corrected chi connectivity index (χ4v) is 4.25. The minimum atomic E-state index is -1.34. The smallest absolute Gasteiger partial charge is 0.319 e. The Morgan fingerprint density at radius 2 is 2.16 bits per heavy atom. The molecule has 3 heterocycles. The number of hydrogen-bond donors (Lipinski definition) is 0. The summed E-state index contributed by atoms with van der Waals surface area (Å²) < 4.78 is 30.8. The summed E-state index contributed by atoms with van der Waals surface area (Å²) in [6.45, 7) is 3.53. The summed E-state index contributed by atoms with van der Waals surface area (Å²) in [5, 5.41) is 5.04. The highest BCUT2D eigenvalue weighted by molar-refractivity contribution is 7.85. The van der Waals surface area contributed by atoms with Gasteiger partial charge in [0, 0.05) is 31.5 Å². The number of ether oxygens (including phenoxy) is 3.